The molecule has 1 unspecified atom stereocenters. The summed E-state index contributed by atoms with van der Waals surface area (Å²) in [4.78, 5) is 0. The summed E-state index contributed by atoms with van der Waals surface area (Å²) >= 11 is -2.23. The lowest BCUT2D eigenvalue weighted by Crippen LogP contribution is -2.34. The average Bonchev–Trinajstić information content (AvgIpc) is 1.86. The average molecular weight is 181 g/mol. The van der Waals surface area contributed by atoms with Crippen LogP contribution in [0.5, 0.6) is 0 Å². The normalized spacial score (nSPS) is 14.4. The van der Waals surface area contributed by atoms with Gasteiger partial charge in [0.25, 0.3) is 0 Å². The fourth-order valence-corrected chi connectivity index (χ4v) is 0.760. The summed E-state index contributed by atoms with van der Waals surface area (Å²) in [5, 5.41) is 10.1. The summed E-state index contributed by atoms with van der Waals surface area (Å²) in [6.07, 6.45) is 0. The smallest absolute Gasteiger partial charge is 0.0376 e. The molecule has 0 aliphatic rings. The molecule has 1 atom stereocenters. The van der Waals surface area contributed by atoms with Gasteiger partial charge in [0.15, 0.2) is 0 Å². The van der Waals surface area contributed by atoms with Crippen molar-refractivity contribution < 1.29 is 14.0 Å². The summed E-state index contributed by atoms with van der Waals surface area (Å²) < 4.78 is 22.0. The van der Waals surface area contributed by atoms with Gasteiger partial charge in [0.2, 0.25) is 0 Å². The van der Waals surface area contributed by atoms with E-state index < -0.39 is 11.3 Å². The first-order chi connectivity index (χ1) is 5.04. The van der Waals surface area contributed by atoms with Crippen molar-refractivity contribution in [3.05, 3.63) is 0 Å². The molecule has 0 radical (unpaired) electrons. The van der Waals surface area contributed by atoms with Gasteiger partial charge >= 0.3 is 0 Å². The third kappa shape index (κ3) is 6.39. The molecule has 0 aromatic heterocycles. The SMILES string of the molecule is CC(C)N(O)CCNS(=O)[O-]. The monoisotopic (exact) mass is 181 g/mol. The van der Waals surface area contributed by atoms with Crippen LogP contribution in [0.2, 0.25) is 0 Å². The maximum Gasteiger partial charge on any atom is 0.0376 e. The highest BCUT2D eigenvalue weighted by molar-refractivity contribution is 7.77. The van der Waals surface area contributed by atoms with Crippen LogP contribution in [-0.2, 0) is 11.3 Å². The van der Waals surface area contributed by atoms with Crippen LogP contribution >= 0.6 is 0 Å². The van der Waals surface area contributed by atoms with Crippen LogP contribution in [0.4, 0.5) is 0 Å². The van der Waals surface area contributed by atoms with E-state index in [1.807, 2.05) is 13.8 Å². The summed E-state index contributed by atoms with van der Waals surface area (Å²) in [5.41, 5.74) is 0. The highest BCUT2D eigenvalue weighted by atomic mass is 32.2. The molecule has 0 bridgehead atoms. The fraction of sp³-hybridized carbons (Fsp3) is 1.00. The fourth-order valence-electron chi connectivity index (χ4n) is 0.502. The van der Waals surface area contributed by atoms with Crippen LogP contribution in [0.3, 0.4) is 0 Å². The van der Waals surface area contributed by atoms with E-state index in [1.165, 1.54) is 0 Å². The lowest BCUT2D eigenvalue weighted by Gasteiger charge is -2.18. The van der Waals surface area contributed by atoms with Gasteiger partial charge in [-0.2, -0.15) is 5.06 Å². The lowest BCUT2D eigenvalue weighted by molar-refractivity contribution is -0.114. The first-order valence-corrected chi connectivity index (χ1v) is 4.40. The van der Waals surface area contributed by atoms with Crippen LogP contribution in [-0.4, -0.2) is 38.2 Å². The zero-order valence-electron chi connectivity index (χ0n) is 6.61. The van der Waals surface area contributed by atoms with Gasteiger partial charge in [-0.3, -0.25) is 4.21 Å². The molecule has 0 rings (SSSR count). The van der Waals surface area contributed by atoms with E-state index in [9.17, 15) is 8.76 Å². The number of hydroxylamine groups is 2. The Morgan fingerprint density at radius 2 is 2.27 bits per heavy atom. The van der Waals surface area contributed by atoms with Crippen LogP contribution in [0.1, 0.15) is 13.8 Å². The molecule has 6 heteroatoms. The number of hydrogen-bond acceptors (Lipinski definition) is 4. The number of nitrogens with one attached hydrogen (secondary N) is 1. The maximum atomic E-state index is 9.94. The second kappa shape index (κ2) is 5.62. The predicted octanol–water partition coefficient (Wildman–Crippen LogP) is -0.530. The minimum atomic E-state index is -2.23. The molecule has 0 aromatic rings. The first kappa shape index (κ1) is 11.0. The molecule has 0 aromatic carbocycles. The van der Waals surface area contributed by atoms with E-state index in [-0.39, 0.29) is 12.6 Å². The van der Waals surface area contributed by atoms with Crippen LogP contribution < -0.4 is 4.72 Å². The van der Waals surface area contributed by atoms with Crippen molar-refractivity contribution in [1.82, 2.24) is 9.79 Å². The van der Waals surface area contributed by atoms with E-state index in [0.717, 1.165) is 5.06 Å². The van der Waals surface area contributed by atoms with Crippen molar-refractivity contribution in [2.45, 2.75) is 19.9 Å². The van der Waals surface area contributed by atoms with Gasteiger partial charge in [-0.05, 0) is 13.8 Å². The standard InChI is InChI=1S/C5H14N2O3S/c1-5(2)7(8)4-3-6-11(9)10/h5-6,8H,3-4H2,1-2H3,(H,9,10)/p-1. The topological polar surface area (TPSA) is 75.6 Å². The second-order valence-electron chi connectivity index (χ2n) is 2.39. The van der Waals surface area contributed by atoms with Crippen molar-refractivity contribution in [3.8, 4) is 0 Å². The Balaban J connectivity index is 3.31. The van der Waals surface area contributed by atoms with Crippen molar-refractivity contribution in [2.75, 3.05) is 13.1 Å². The molecule has 0 fully saturated rings. The number of rotatable bonds is 5. The molecular formula is C5H13N2O3S-. The Morgan fingerprint density at radius 1 is 1.73 bits per heavy atom. The van der Waals surface area contributed by atoms with Gasteiger partial charge in [0.05, 0.1) is 0 Å². The third-order valence-electron chi connectivity index (χ3n) is 1.16. The minimum Gasteiger partial charge on any atom is -0.760 e. The van der Waals surface area contributed by atoms with Crippen LogP contribution in [0.15, 0.2) is 0 Å². The molecule has 0 amide bonds. The summed E-state index contributed by atoms with van der Waals surface area (Å²) in [6.45, 7) is 4.15. The van der Waals surface area contributed by atoms with E-state index in [4.69, 9.17) is 5.21 Å². The van der Waals surface area contributed by atoms with Gasteiger partial charge in [-0.15, -0.1) is 0 Å². The highest BCUT2D eigenvalue weighted by Gasteiger charge is 2.02. The molecule has 0 heterocycles. The largest absolute Gasteiger partial charge is 0.760 e. The molecule has 2 N–H and O–H groups in total. The maximum absolute atomic E-state index is 9.94. The molecule has 0 spiro atoms. The van der Waals surface area contributed by atoms with Crippen LogP contribution in [0, 0.1) is 0 Å². The zero-order valence-corrected chi connectivity index (χ0v) is 7.43. The predicted molar refractivity (Wildman–Crippen MR) is 40.6 cm³/mol. The van der Waals surface area contributed by atoms with Gasteiger partial charge < -0.3 is 9.76 Å². The summed E-state index contributed by atoms with van der Waals surface area (Å²) in [5.74, 6) is 0. The second-order valence-corrected chi connectivity index (χ2v) is 3.14. The quantitative estimate of drug-likeness (QED) is 0.441. The van der Waals surface area contributed by atoms with Gasteiger partial charge in [-0.1, -0.05) is 0 Å². The molecule has 68 valence electrons. The molecule has 0 saturated heterocycles. The van der Waals surface area contributed by atoms with Gasteiger partial charge in [0.1, 0.15) is 0 Å². The van der Waals surface area contributed by atoms with Crippen LogP contribution in [0.25, 0.3) is 0 Å². The summed E-state index contributed by atoms with van der Waals surface area (Å²) in [6, 6.07) is 0.0110. The first-order valence-electron chi connectivity index (χ1n) is 3.32. The van der Waals surface area contributed by atoms with E-state index in [1.54, 1.807) is 0 Å². The molecular weight excluding hydrogens is 168 g/mol. The molecule has 0 saturated carbocycles. The molecule has 5 nitrogen and oxygen atoms in total. The van der Waals surface area contributed by atoms with Crippen molar-refractivity contribution >= 4 is 11.3 Å². The minimum absolute atomic E-state index is 0.0110. The number of nitrogens with zero attached hydrogens (tertiary/aromatic N) is 1. The van der Waals surface area contributed by atoms with Crippen molar-refractivity contribution in [2.24, 2.45) is 0 Å². The Bertz CT molecular complexity index is 131. The van der Waals surface area contributed by atoms with Gasteiger partial charge in [0, 0.05) is 30.4 Å². The zero-order chi connectivity index (χ0) is 8.85. The molecule has 0 aliphatic heterocycles. The van der Waals surface area contributed by atoms with Crippen molar-refractivity contribution in [1.29, 1.82) is 0 Å². The van der Waals surface area contributed by atoms with E-state index in [2.05, 4.69) is 4.72 Å². The third-order valence-corrected chi connectivity index (χ3v) is 1.60. The van der Waals surface area contributed by atoms with Gasteiger partial charge in [-0.25, -0.2) is 4.72 Å². The summed E-state index contributed by atoms with van der Waals surface area (Å²) in [7, 11) is 0. The Morgan fingerprint density at radius 3 is 2.64 bits per heavy atom. The van der Waals surface area contributed by atoms with E-state index in [0.29, 0.717) is 6.54 Å². The highest BCUT2D eigenvalue weighted by Crippen LogP contribution is 1.89. The number of hydrogen-bond donors (Lipinski definition) is 2. The van der Waals surface area contributed by atoms with E-state index >= 15 is 0 Å². The van der Waals surface area contributed by atoms with Crippen molar-refractivity contribution in [3.63, 3.8) is 0 Å². The lowest BCUT2D eigenvalue weighted by atomic mass is 10.4. The Kier molecular flexibility index (Phi) is 5.61. The molecule has 11 heavy (non-hydrogen) atoms. The Hall–Kier alpha value is -0.0100. The molecule has 0 aliphatic carbocycles. The Labute approximate surface area is 68.8 Å².